The number of piperazine rings is 1. The fourth-order valence-electron chi connectivity index (χ4n) is 3.53. The van der Waals surface area contributed by atoms with Gasteiger partial charge in [-0.2, -0.15) is 13.2 Å². The second-order valence-corrected chi connectivity index (χ2v) is 6.88. The number of carbonyl (C=O) groups excluding carboxylic acids is 2. The highest BCUT2D eigenvalue weighted by molar-refractivity contribution is 5.98. The van der Waals surface area contributed by atoms with Crippen LogP contribution in [0.25, 0.3) is 0 Å². The predicted octanol–water partition coefficient (Wildman–Crippen LogP) is 1.68. The fraction of sp³-hybridized carbons (Fsp3) is 0.529. The molecule has 3 rings (SSSR count). The van der Waals surface area contributed by atoms with Crippen LogP contribution in [0.2, 0.25) is 0 Å². The molecule has 0 spiro atoms. The van der Waals surface area contributed by atoms with Crippen LogP contribution in [0.4, 0.5) is 29.3 Å². The maximum Gasteiger partial charge on any atom is 0.416 e. The Morgan fingerprint density at radius 2 is 1.86 bits per heavy atom. The van der Waals surface area contributed by atoms with E-state index in [2.05, 4.69) is 5.32 Å². The predicted molar refractivity (Wildman–Crippen MR) is 96.5 cm³/mol. The first-order valence-electron chi connectivity index (χ1n) is 9.03. The van der Waals surface area contributed by atoms with E-state index < -0.39 is 34.4 Å². The Balaban J connectivity index is 1.69. The minimum Gasteiger partial charge on any atom is -0.363 e. The van der Waals surface area contributed by atoms with E-state index in [-0.39, 0.29) is 11.6 Å². The van der Waals surface area contributed by atoms with Crippen molar-refractivity contribution in [2.75, 3.05) is 44.2 Å². The van der Waals surface area contributed by atoms with Gasteiger partial charge in [0.1, 0.15) is 5.69 Å². The van der Waals surface area contributed by atoms with E-state index >= 15 is 0 Å². The van der Waals surface area contributed by atoms with E-state index in [0.29, 0.717) is 45.3 Å². The number of halogens is 3. The van der Waals surface area contributed by atoms with Gasteiger partial charge in [0.25, 0.3) is 5.69 Å². The van der Waals surface area contributed by atoms with Crippen molar-refractivity contribution in [1.29, 1.82) is 0 Å². The Labute approximate surface area is 164 Å². The molecule has 0 aliphatic carbocycles. The molecule has 3 amide bonds. The van der Waals surface area contributed by atoms with Crippen LogP contribution in [0.1, 0.15) is 12.5 Å². The Kier molecular flexibility index (Phi) is 5.64. The summed E-state index contributed by atoms with van der Waals surface area (Å²) in [5.74, 6) is -0.325. The quantitative estimate of drug-likeness (QED) is 0.593. The summed E-state index contributed by atoms with van der Waals surface area (Å²) in [5, 5.41) is 13.9. The minimum absolute atomic E-state index is 0.112. The number of nitro groups is 1. The lowest BCUT2D eigenvalue weighted by Crippen LogP contribution is -2.55. The standard InChI is InChI=1S/C17H20F3N5O4/c1-11(15(26)24-5-4-21-16(24)27)22-6-8-23(9-7-22)13-3-2-12(17(18,19)20)10-14(13)25(28)29/h2-3,10-11H,4-9H2,1H3,(H,21,27)/t11-/m1/s1. The highest BCUT2D eigenvalue weighted by Gasteiger charge is 2.36. The molecule has 2 fully saturated rings. The molecule has 9 nitrogen and oxygen atoms in total. The third kappa shape index (κ3) is 4.26. The van der Waals surface area contributed by atoms with Crippen molar-refractivity contribution in [2.45, 2.75) is 19.1 Å². The van der Waals surface area contributed by atoms with Gasteiger partial charge < -0.3 is 10.2 Å². The van der Waals surface area contributed by atoms with E-state index in [4.69, 9.17) is 0 Å². The van der Waals surface area contributed by atoms with E-state index in [0.717, 1.165) is 17.0 Å². The third-order valence-corrected chi connectivity index (χ3v) is 5.18. The molecule has 1 aromatic rings. The van der Waals surface area contributed by atoms with E-state index in [1.807, 2.05) is 4.90 Å². The van der Waals surface area contributed by atoms with E-state index in [9.17, 15) is 32.9 Å². The van der Waals surface area contributed by atoms with Crippen LogP contribution in [0.15, 0.2) is 18.2 Å². The smallest absolute Gasteiger partial charge is 0.363 e. The lowest BCUT2D eigenvalue weighted by atomic mass is 10.1. The lowest BCUT2D eigenvalue weighted by Gasteiger charge is -2.38. The number of alkyl halides is 3. The van der Waals surface area contributed by atoms with E-state index in [1.54, 1.807) is 11.8 Å². The molecule has 1 atom stereocenters. The summed E-state index contributed by atoms with van der Waals surface area (Å²) in [4.78, 5) is 39.3. The number of hydrogen-bond acceptors (Lipinski definition) is 6. The SMILES string of the molecule is C[C@H](C(=O)N1CCNC1=O)N1CCN(c2ccc(C(F)(F)F)cc2[N+](=O)[O-])CC1. The Morgan fingerprint density at radius 3 is 2.38 bits per heavy atom. The fourth-order valence-corrected chi connectivity index (χ4v) is 3.53. The molecule has 1 N–H and O–H groups in total. The van der Waals surface area contributed by atoms with Gasteiger partial charge in [-0.3, -0.25) is 24.7 Å². The van der Waals surface area contributed by atoms with Gasteiger partial charge in [0.05, 0.1) is 16.5 Å². The van der Waals surface area contributed by atoms with Crippen molar-refractivity contribution in [3.8, 4) is 0 Å². The maximum atomic E-state index is 12.9. The first kappa shape index (κ1) is 20.8. The molecule has 2 saturated heterocycles. The monoisotopic (exact) mass is 415 g/mol. The molecule has 12 heteroatoms. The van der Waals surface area contributed by atoms with E-state index in [1.165, 1.54) is 0 Å². The van der Waals surface area contributed by atoms with Gasteiger partial charge in [0.15, 0.2) is 0 Å². The van der Waals surface area contributed by atoms with Gasteiger partial charge in [0, 0.05) is 45.3 Å². The molecule has 2 aliphatic rings. The maximum absolute atomic E-state index is 12.9. The van der Waals surface area contributed by atoms with Crippen LogP contribution in [0.5, 0.6) is 0 Å². The molecule has 2 aliphatic heterocycles. The van der Waals surface area contributed by atoms with Gasteiger partial charge in [-0.15, -0.1) is 0 Å². The molecular formula is C17H20F3N5O4. The van der Waals surface area contributed by atoms with Crippen molar-refractivity contribution in [3.05, 3.63) is 33.9 Å². The van der Waals surface area contributed by atoms with Gasteiger partial charge in [-0.25, -0.2) is 4.79 Å². The van der Waals surface area contributed by atoms with Crippen LogP contribution < -0.4 is 10.2 Å². The Bertz CT molecular complexity index is 824. The topological polar surface area (TPSA) is 99.0 Å². The Morgan fingerprint density at radius 1 is 1.21 bits per heavy atom. The molecule has 0 saturated carbocycles. The van der Waals surface area contributed by atoms with Gasteiger partial charge in [0.2, 0.25) is 5.91 Å². The van der Waals surface area contributed by atoms with Crippen molar-refractivity contribution in [3.63, 3.8) is 0 Å². The van der Waals surface area contributed by atoms with Crippen LogP contribution >= 0.6 is 0 Å². The number of nitrogens with one attached hydrogen (secondary N) is 1. The number of imide groups is 1. The number of carbonyl (C=O) groups is 2. The molecule has 29 heavy (non-hydrogen) atoms. The molecule has 1 aromatic carbocycles. The molecule has 2 heterocycles. The zero-order valence-corrected chi connectivity index (χ0v) is 15.6. The van der Waals surface area contributed by atoms with Crippen molar-refractivity contribution >= 4 is 23.3 Å². The highest BCUT2D eigenvalue weighted by Crippen LogP contribution is 2.36. The van der Waals surface area contributed by atoms with Crippen LogP contribution in [-0.4, -0.2) is 72.0 Å². The molecule has 158 valence electrons. The summed E-state index contributed by atoms with van der Waals surface area (Å²) in [6.45, 7) is 3.75. The number of urea groups is 1. The van der Waals surface area contributed by atoms with Gasteiger partial charge in [-0.05, 0) is 19.1 Å². The second-order valence-electron chi connectivity index (χ2n) is 6.88. The minimum atomic E-state index is -4.67. The summed E-state index contributed by atoms with van der Waals surface area (Å²) in [6, 6.07) is 1.50. The molecule has 0 aromatic heterocycles. The highest BCUT2D eigenvalue weighted by atomic mass is 19.4. The second kappa shape index (κ2) is 7.85. The van der Waals surface area contributed by atoms with Crippen LogP contribution in [0.3, 0.4) is 0 Å². The summed E-state index contributed by atoms with van der Waals surface area (Å²) in [6.07, 6.45) is -4.67. The van der Waals surface area contributed by atoms with Crippen molar-refractivity contribution < 1.29 is 27.7 Å². The lowest BCUT2D eigenvalue weighted by molar-refractivity contribution is -0.384. The van der Waals surface area contributed by atoms with Crippen molar-refractivity contribution in [2.24, 2.45) is 0 Å². The number of benzene rings is 1. The summed E-state index contributed by atoms with van der Waals surface area (Å²) >= 11 is 0. The molecule has 0 bridgehead atoms. The average Bonchev–Trinajstić information content (AvgIpc) is 3.11. The van der Waals surface area contributed by atoms with Gasteiger partial charge >= 0.3 is 12.2 Å². The molecule has 0 unspecified atom stereocenters. The first-order chi connectivity index (χ1) is 13.6. The first-order valence-corrected chi connectivity index (χ1v) is 9.03. The average molecular weight is 415 g/mol. The number of nitro benzene ring substituents is 1. The largest absolute Gasteiger partial charge is 0.416 e. The number of amides is 3. The summed E-state index contributed by atoms with van der Waals surface area (Å²) in [7, 11) is 0. The van der Waals surface area contributed by atoms with Crippen LogP contribution in [-0.2, 0) is 11.0 Å². The number of nitrogens with zero attached hydrogens (tertiary/aromatic N) is 4. The normalized spacial score (nSPS) is 19.2. The Hall–Kier alpha value is -2.89. The summed E-state index contributed by atoms with van der Waals surface area (Å²) < 4.78 is 38.6. The third-order valence-electron chi connectivity index (χ3n) is 5.18. The van der Waals surface area contributed by atoms with Gasteiger partial charge in [-0.1, -0.05) is 0 Å². The zero-order valence-electron chi connectivity index (χ0n) is 15.6. The number of hydrogen-bond donors (Lipinski definition) is 1. The molecule has 0 radical (unpaired) electrons. The molecular weight excluding hydrogens is 395 g/mol. The number of anilines is 1. The van der Waals surface area contributed by atoms with Crippen molar-refractivity contribution in [1.82, 2.24) is 15.1 Å². The summed E-state index contributed by atoms with van der Waals surface area (Å²) in [5.41, 5.74) is -1.57. The zero-order chi connectivity index (χ0) is 21.3. The number of rotatable bonds is 4. The van der Waals surface area contributed by atoms with Crippen LogP contribution in [0, 0.1) is 10.1 Å².